The fourth-order valence-electron chi connectivity index (χ4n) is 3.23. The van der Waals surface area contributed by atoms with Gasteiger partial charge in [0, 0.05) is 10.9 Å². The maximum atomic E-state index is 11.3. The van der Waals surface area contributed by atoms with Gasteiger partial charge in [-0.1, -0.05) is 0 Å². The number of carbonyl (C=O) groups is 1. The highest BCUT2D eigenvalue weighted by atomic mass is 32.1. The minimum atomic E-state index is -0.648. The third-order valence-electron chi connectivity index (χ3n) is 4.00. The summed E-state index contributed by atoms with van der Waals surface area (Å²) in [7, 11) is 0. The zero-order valence-electron chi connectivity index (χ0n) is 9.76. The fraction of sp³-hybridized carbons (Fsp3) is 0.615. The number of nitrogens with zero attached hydrogens (tertiary/aromatic N) is 1. The summed E-state index contributed by atoms with van der Waals surface area (Å²) < 4.78 is 0. The highest BCUT2D eigenvalue weighted by molar-refractivity contribution is 7.10. The largest absolute Gasteiger partial charge is 0.480 e. The van der Waals surface area contributed by atoms with E-state index in [1.165, 1.54) is 23.3 Å². The van der Waals surface area contributed by atoms with E-state index in [0.29, 0.717) is 6.04 Å². The molecule has 0 amide bonds. The van der Waals surface area contributed by atoms with Gasteiger partial charge < -0.3 is 5.11 Å². The second-order valence-corrected chi connectivity index (χ2v) is 5.94. The summed E-state index contributed by atoms with van der Waals surface area (Å²) in [5, 5.41) is 11.4. The molecule has 3 rings (SSSR count). The van der Waals surface area contributed by atoms with Gasteiger partial charge in [0.15, 0.2) is 0 Å². The molecule has 0 saturated carbocycles. The van der Waals surface area contributed by atoms with Gasteiger partial charge in [0.2, 0.25) is 0 Å². The van der Waals surface area contributed by atoms with E-state index in [1.54, 1.807) is 0 Å². The van der Waals surface area contributed by atoms with Crippen molar-refractivity contribution in [2.75, 3.05) is 6.54 Å². The predicted octanol–water partition coefficient (Wildman–Crippen LogP) is 2.67. The van der Waals surface area contributed by atoms with Crippen molar-refractivity contribution in [1.82, 2.24) is 4.90 Å². The molecule has 1 aromatic heterocycles. The Morgan fingerprint density at radius 3 is 3.12 bits per heavy atom. The van der Waals surface area contributed by atoms with Gasteiger partial charge in [0.05, 0.1) is 0 Å². The average molecular weight is 251 g/mol. The Balaban J connectivity index is 1.88. The van der Waals surface area contributed by atoms with Gasteiger partial charge in [-0.3, -0.25) is 9.69 Å². The fourth-order valence-corrected chi connectivity index (χ4v) is 4.22. The van der Waals surface area contributed by atoms with Gasteiger partial charge in [0.25, 0.3) is 0 Å². The quantitative estimate of drug-likeness (QED) is 0.878. The number of hydrogen-bond acceptors (Lipinski definition) is 3. The Bertz CT molecular complexity index is 429. The van der Waals surface area contributed by atoms with E-state index < -0.39 is 5.97 Å². The topological polar surface area (TPSA) is 40.5 Å². The molecule has 0 aromatic carbocycles. The molecule has 1 aliphatic carbocycles. The van der Waals surface area contributed by atoms with Gasteiger partial charge in [-0.05, 0) is 55.7 Å². The number of carboxylic acid groups (broad SMARTS) is 1. The van der Waals surface area contributed by atoms with Crippen LogP contribution in [0.5, 0.6) is 0 Å². The monoisotopic (exact) mass is 251 g/mol. The molecule has 17 heavy (non-hydrogen) atoms. The second kappa shape index (κ2) is 4.42. The van der Waals surface area contributed by atoms with Gasteiger partial charge >= 0.3 is 5.97 Å². The van der Waals surface area contributed by atoms with Crippen LogP contribution in [0, 0.1) is 0 Å². The Kier molecular flexibility index (Phi) is 2.92. The molecule has 4 heteroatoms. The van der Waals surface area contributed by atoms with Gasteiger partial charge in [0.1, 0.15) is 6.04 Å². The van der Waals surface area contributed by atoms with Crippen molar-refractivity contribution in [2.45, 2.75) is 44.2 Å². The zero-order valence-corrected chi connectivity index (χ0v) is 10.6. The Morgan fingerprint density at radius 2 is 2.29 bits per heavy atom. The predicted molar refractivity (Wildman–Crippen MR) is 67.4 cm³/mol. The van der Waals surface area contributed by atoms with Crippen molar-refractivity contribution in [3.05, 3.63) is 21.9 Å². The van der Waals surface area contributed by atoms with Crippen molar-refractivity contribution < 1.29 is 9.90 Å². The molecule has 1 N–H and O–H groups in total. The molecule has 3 nitrogen and oxygen atoms in total. The standard InChI is InChI=1S/C13H17NO2S/c15-13(16)11-4-2-7-14(11)10-3-1-5-12-9(10)6-8-17-12/h6,8,10-11H,1-5,7H2,(H,15,16). The normalized spacial score (nSPS) is 29.2. The molecule has 2 aliphatic rings. The van der Waals surface area contributed by atoms with Crippen LogP contribution in [0.1, 0.15) is 42.2 Å². The average Bonchev–Trinajstić information content (AvgIpc) is 2.97. The van der Waals surface area contributed by atoms with Crippen molar-refractivity contribution in [1.29, 1.82) is 0 Å². The smallest absolute Gasteiger partial charge is 0.320 e. The van der Waals surface area contributed by atoms with Crippen molar-refractivity contribution in [2.24, 2.45) is 0 Å². The Morgan fingerprint density at radius 1 is 1.41 bits per heavy atom. The van der Waals surface area contributed by atoms with Crippen LogP contribution in [0.4, 0.5) is 0 Å². The van der Waals surface area contributed by atoms with Crippen LogP contribution in [0.15, 0.2) is 11.4 Å². The van der Waals surface area contributed by atoms with E-state index >= 15 is 0 Å². The van der Waals surface area contributed by atoms with E-state index in [-0.39, 0.29) is 6.04 Å². The number of fused-ring (bicyclic) bond motifs is 1. The summed E-state index contributed by atoms with van der Waals surface area (Å²) in [5.74, 6) is -0.648. The first-order valence-corrected chi connectivity index (χ1v) is 7.20. The molecule has 0 bridgehead atoms. The number of likely N-dealkylation sites (tertiary alicyclic amines) is 1. The third-order valence-corrected chi connectivity index (χ3v) is 5.00. The lowest BCUT2D eigenvalue weighted by Crippen LogP contribution is -2.39. The van der Waals surface area contributed by atoms with Crippen LogP contribution < -0.4 is 0 Å². The van der Waals surface area contributed by atoms with Crippen LogP contribution in [0.2, 0.25) is 0 Å². The zero-order chi connectivity index (χ0) is 11.8. The van der Waals surface area contributed by atoms with E-state index in [0.717, 1.165) is 25.8 Å². The molecular weight excluding hydrogens is 234 g/mol. The number of carboxylic acids is 1. The van der Waals surface area contributed by atoms with Crippen LogP contribution in [0.25, 0.3) is 0 Å². The summed E-state index contributed by atoms with van der Waals surface area (Å²) in [5.41, 5.74) is 1.40. The van der Waals surface area contributed by atoms with Crippen LogP contribution in [0.3, 0.4) is 0 Å². The first kappa shape index (κ1) is 11.2. The molecule has 2 heterocycles. The number of thiophene rings is 1. The van der Waals surface area contributed by atoms with Crippen molar-refractivity contribution in [3.63, 3.8) is 0 Å². The Labute approximate surface area is 105 Å². The van der Waals surface area contributed by atoms with Crippen LogP contribution in [-0.2, 0) is 11.2 Å². The molecule has 0 radical (unpaired) electrons. The molecule has 1 saturated heterocycles. The van der Waals surface area contributed by atoms with Gasteiger partial charge in [-0.2, -0.15) is 0 Å². The first-order chi connectivity index (χ1) is 8.27. The SMILES string of the molecule is O=C(O)C1CCCN1C1CCCc2sccc21. The lowest BCUT2D eigenvalue weighted by molar-refractivity contribution is -0.143. The maximum Gasteiger partial charge on any atom is 0.320 e. The van der Waals surface area contributed by atoms with E-state index in [9.17, 15) is 9.90 Å². The molecule has 2 unspecified atom stereocenters. The summed E-state index contributed by atoms with van der Waals surface area (Å²) in [4.78, 5) is 15.0. The van der Waals surface area contributed by atoms with Crippen LogP contribution in [-0.4, -0.2) is 28.6 Å². The summed E-state index contributed by atoms with van der Waals surface area (Å²) in [6, 6.07) is 2.29. The Hall–Kier alpha value is -0.870. The molecular formula is C13H17NO2S. The highest BCUT2D eigenvalue weighted by Crippen LogP contribution is 2.40. The molecule has 1 fully saturated rings. The van der Waals surface area contributed by atoms with Gasteiger partial charge in [-0.15, -0.1) is 11.3 Å². The summed E-state index contributed by atoms with van der Waals surface area (Å²) in [6.45, 7) is 0.941. The number of aryl methyl sites for hydroxylation is 1. The number of rotatable bonds is 2. The van der Waals surface area contributed by atoms with E-state index in [4.69, 9.17) is 0 Å². The highest BCUT2D eigenvalue weighted by Gasteiger charge is 2.37. The van der Waals surface area contributed by atoms with Crippen molar-refractivity contribution in [3.8, 4) is 0 Å². The van der Waals surface area contributed by atoms with Gasteiger partial charge in [-0.25, -0.2) is 0 Å². The van der Waals surface area contributed by atoms with E-state index in [2.05, 4.69) is 16.3 Å². The number of hydrogen-bond donors (Lipinski definition) is 1. The molecule has 0 spiro atoms. The lowest BCUT2D eigenvalue weighted by Gasteiger charge is -2.34. The minimum Gasteiger partial charge on any atom is -0.480 e. The lowest BCUT2D eigenvalue weighted by atomic mass is 9.92. The van der Waals surface area contributed by atoms with Crippen LogP contribution >= 0.6 is 11.3 Å². The summed E-state index contributed by atoms with van der Waals surface area (Å²) >= 11 is 1.82. The molecule has 1 aliphatic heterocycles. The van der Waals surface area contributed by atoms with Crippen molar-refractivity contribution >= 4 is 17.3 Å². The first-order valence-electron chi connectivity index (χ1n) is 6.32. The second-order valence-electron chi connectivity index (χ2n) is 4.94. The maximum absolute atomic E-state index is 11.3. The number of aliphatic carboxylic acids is 1. The van der Waals surface area contributed by atoms with E-state index in [1.807, 2.05) is 11.3 Å². The third kappa shape index (κ3) is 1.89. The minimum absolute atomic E-state index is 0.258. The molecule has 92 valence electrons. The summed E-state index contributed by atoms with van der Waals surface area (Å²) in [6.07, 6.45) is 5.32. The molecule has 1 aromatic rings. The molecule has 2 atom stereocenters.